The molecule has 2 fully saturated rings. The van der Waals surface area contributed by atoms with Crippen molar-refractivity contribution in [3.8, 4) is 0 Å². The van der Waals surface area contributed by atoms with Crippen molar-refractivity contribution in [3.63, 3.8) is 0 Å². The van der Waals surface area contributed by atoms with E-state index in [1.54, 1.807) is 6.07 Å². The van der Waals surface area contributed by atoms with E-state index < -0.39 is 27.6 Å². The fraction of sp³-hybridized carbons (Fsp3) is 0.435. The zero-order chi connectivity index (χ0) is 22.7. The number of hydrogen-bond acceptors (Lipinski definition) is 4. The largest absolute Gasteiger partial charge is 0.370 e. The lowest BCUT2D eigenvalue weighted by Crippen LogP contribution is -2.37. The van der Waals surface area contributed by atoms with Crippen LogP contribution >= 0.6 is 0 Å². The Morgan fingerprint density at radius 1 is 0.844 bits per heavy atom. The highest BCUT2D eigenvalue weighted by Gasteiger charge is 2.31. The van der Waals surface area contributed by atoms with E-state index in [-0.39, 0.29) is 16.1 Å². The van der Waals surface area contributed by atoms with Gasteiger partial charge in [0, 0.05) is 37.8 Å². The molecule has 0 aliphatic carbocycles. The molecule has 2 heterocycles. The van der Waals surface area contributed by atoms with Gasteiger partial charge in [-0.1, -0.05) is 6.42 Å². The Kier molecular flexibility index (Phi) is 6.76. The van der Waals surface area contributed by atoms with E-state index >= 15 is 0 Å². The highest BCUT2D eigenvalue weighted by molar-refractivity contribution is 7.89. The monoisotopic (exact) mass is 463 g/mol. The second-order valence-corrected chi connectivity index (χ2v) is 10.2. The molecule has 2 aliphatic rings. The first-order valence-electron chi connectivity index (χ1n) is 11.0. The van der Waals surface area contributed by atoms with Crippen LogP contribution in [0.3, 0.4) is 0 Å². The number of anilines is 2. The Hall–Kier alpha value is -2.52. The quantitative estimate of drug-likeness (QED) is 0.715. The van der Waals surface area contributed by atoms with Crippen molar-refractivity contribution in [2.45, 2.75) is 43.4 Å². The average molecular weight is 464 g/mol. The minimum Gasteiger partial charge on any atom is -0.370 e. The van der Waals surface area contributed by atoms with Gasteiger partial charge < -0.3 is 10.2 Å². The van der Waals surface area contributed by atoms with Gasteiger partial charge in [0.05, 0.1) is 11.4 Å². The molecule has 9 heteroatoms. The van der Waals surface area contributed by atoms with Gasteiger partial charge in [-0.15, -0.1) is 0 Å². The molecule has 2 aliphatic heterocycles. The van der Waals surface area contributed by atoms with Crippen molar-refractivity contribution in [1.82, 2.24) is 4.31 Å². The maximum atomic E-state index is 14.0. The standard InChI is InChI=1S/C23H27F2N3O3S/c24-18-8-9-19(25)20(16-18)26-23(29)17-7-10-21(27-11-3-1-4-12-27)22(15-17)32(30,31)28-13-5-2-6-14-28/h7-10,15-16H,1-6,11-14H2,(H,26,29). The highest BCUT2D eigenvalue weighted by atomic mass is 32.2. The Bertz CT molecular complexity index is 1100. The predicted molar refractivity (Wildman–Crippen MR) is 119 cm³/mol. The summed E-state index contributed by atoms with van der Waals surface area (Å²) in [4.78, 5) is 14.9. The first-order valence-corrected chi connectivity index (χ1v) is 12.5. The van der Waals surface area contributed by atoms with Crippen LogP contribution in [0.15, 0.2) is 41.3 Å². The van der Waals surface area contributed by atoms with Crippen molar-refractivity contribution in [2.24, 2.45) is 0 Å². The Morgan fingerprint density at radius 2 is 1.50 bits per heavy atom. The molecule has 0 atom stereocenters. The minimum absolute atomic E-state index is 0.0741. The molecule has 6 nitrogen and oxygen atoms in total. The SMILES string of the molecule is O=C(Nc1cc(F)ccc1F)c1ccc(N2CCCCC2)c(S(=O)(=O)N2CCCCC2)c1. The van der Waals surface area contributed by atoms with Crippen molar-refractivity contribution < 1.29 is 22.0 Å². The first kappa shape index (κ1) is 22.7. The van der Waals surface area contributed by atoms with Gasteiger partial charge in [0.25, 0.3) is 5.91 Å². The molecule has 0 radical (unpaired) electrons. The van der Waals surface area contributed by atoms with Crippen LogP contribution in [0, 0.1) is 11.6 Å². The van der Waals surface area contributed by atoms with Crippen molar-refractivity contribution in [3.05, 3.63) is 53.6 Å². The third kappa shape index (κ3) is 4.78. The molecule has 2 saturated heterocycles. The number of sulfonamides is 1. The van der Waals surface area contributed by atoms with Crippen LogP contribution in [-0.4, -0.2) is 44.8 Å². The van der Waals surface area contributed by atoms with Gasteiger partial charge in [-0.25, -0.2) is 17.2 Å². The van der Waals surface area contributed by atoms with E-state index in [4.69, 9.17) is 0 Å². The molecular formula is C23H27F2N3O3S. The van der Waals surface area contributed by atoms with Gasteiger partial charge in [-0.3, -0.25) is 4.79 Å². The van der Waals surface area contributed by atoms with Gasteiger partial charge in [0.2, 0.25) is 10.0 Å². The summed E-state index contributed by atoms with van der Waals surface area (Å²) in [7, 11) is -3.81. The predicted octanol–water partition coefficient (Wildman–Crippen LogP) is 4.38. The summed E-state index contributed by atoms with van der Waals surface area (Å²) in [6.07, 6.45) is 5.65. The zero-order valence-electron chi connectivity index (χ0n) is 17.8. The molecule has 0 aromatic heterocycles. The number of carbonyl (C=O) groups is 1. The molecule has 0 saturated carbocycles. The van der Waals surface area contributed by atoms with Crippen LogP contribution in [0.1, 0.15) is 48.9 Å². The lowest BCUT2D eigenvalue weighted by molar-refractivity contribution is 0.102. The fourth-order valence-electron chi connectivity index (χ4n) is 4.29. The van der Waals surface area contributed by atoms with Crippen LogP contribution in [-0.2, 0) is 10.0 Å². The van der Waals surface area contributed by atoms with Gasteiger partial charge in [-0.2, -0.15) is 4.31 Å². The second-order valence-electron chi connectivity index (χ2n) is 8.27. The third-order valence-corrected chi connectivity index (χ3v) is 7.96. The van der Waals surface area contributed by atoms with Gasteiger partial charge in [0.15, 0.2) is 0 Å². The average Bonchev–Trinajstić information content (AvgIpc) is 2.82. The lowest BCUT2D eigenvalue weighted by atomic mass is 10.1. The number of halogens is 2. The number of benzene rings is 2. The number of rotatable bonds is 5. The summed E-state index contributed by atoms with van der Waals surface area (Å²) in [6.45, 7) is 2.41. The van der Waals surface area contributed by atoms with E-state index in [1.165, 1.54) is 16.4 Å². The molecule has 2 aromatic rings. The van der Waals surface area contributed by atoms with Crippen molar-refractivity contribution >= 4 is 27.3 Å². The Balaban J connectivity index is 1.71. The number of piperidine rings is 2. The summed E-state index contributed by atoms with van der Waals surface area (Å²) in [5, 5.41) is 2.35. The van der Waals surface area contributed by atoms with Gasteiger partial charge in [-0.05, 0) is 62.4 Å². The molecular weight excluding hydrogens is 436 g/mol. The highest BCUT2D eigenvalue weighted by Crippen LogP contribution is 2.32. The molecule has 1 N–H and O–H groups in total. The summed E-state index contributed by atoms with van der Waals surface area (Å²) in [5.41, 5.74) is 0.365. The maximum Gasteiger partial charge on any atom is 0.255 e. The Labute approximate surface area is 187 Å². The van der Waals surface area contributed by atoms with E-state index in [0.29, 0.717) is 18.8 Å². The van der Waals surface area contributed by atoms with Crippen LogP contribution < -0.4 is 10.2 Å². The molecule has 172 valence electrons. The molecule has 0 bridgehead atoms. The maximum absolute atomic E-state index is 14.0. The lowest BCUT2D eigenvalue weighted by Gasteiger charge is -2.33. The summed E-state index contributed by atoms with van der Waals surface area (Å²) in [6, 6.07) is 7.32. The third-order valence-electron chi connectivity index (χ3n) is 6.03. The molecule has 0 unspecified atom stereocenters. The fourth-order valence-corrected chi connectivity index (χ4v) is 6.04. The van der Waals surface area contributed by atoms with E-state index in [9.17, 15) is 22.0 Å². The molecule has 4 rings (SSSR count). The molecule has 0 spiro atoms. The number of amides is 1. The number of carbonyl (C=O) groups excluding carboxylic acids is 1. The molecule has 32 heavy (non-hydrogen) atoms. The summed E-state index contributed by atoms with van der Waals surface area (Å²) < 4.78 is 56.0. The van der Waals surface area contributed by atoms with E-state index in [2.05, 4.69) is 5.32 Å². The smallest absolute Gasteiger partial charge is 0.255 e. The normalized spacial score (nSPS) is 17.9. The van der Waals surface area contributed by atoms with E-state index in [0.717, 1.165) is 69.8 Å². The van der Waals surface area contributed by atoms with Gasteiger partial charge >= 0.3 is 0 Å². The van der Waals surface area contributed by atoms with E-state index in [1.807, 2.05) is 4.90 Å². The summed E-state index contributed by atoms with van der Waals surface area (Å²) in [5.74, 6) is -2.16. The number of nitrogens with zero attached hydrogens (tertiary/aromatic N) is 2. The first-order chi connectivity index (χ1) is 15.4. The van der Waals surface area contributed by atoms with Crippen LogP contribution in [0.4, 0.5) is 20.2 Å². The number of nitrogens with one attached hydrogen (secondary N) is 1. The van der Waals surface area contributed by atoms with Crippen molar-refractivity contribution in [2.75, 3.05) is 36.4 Å². The van der Waals surface area contributed by atoms with Gasteiger partial charge in [0.1, 0.15) is 16.5 Å². The minimum atomic E-state index is -3.81. The zero-order valence-corrected chi connectivity index (χ0v) is 18.6. The number of hydrogen-bond donors (Lipinski definition) is 1. The van der Waals surface area contributed by atoms with Crippen molar-refractivity contribution in [1.29, 1.82) is 0 Å². The molecule has 1 amide bonds. The Morgan fingerprint density at radius 3 is 2.19 bits per heavy atom. The van der Waals surface area contributed by atoms with Crippen LogP contribution in [0.5, 0.6) is 0 Å². The van der Waals surface area contributed by atoms with Crippen LogP contribution in [0.25, 0.3) is 0 Å². The topological polar surface area (TPSA) is 69.7 Å². The second kappa shape index (κ2) is 9.54. The molecule has 2 aromatic carbocycles. The summed E-state index contributed by atoms with van der Waals surface area (Å²) >= 11 is 0. The van der Waals surface area contributed by atoms with Crippen LogP contribution in [0.2, 0.25) is 0 Å².